The van der Waals surface area contributed by atoms with Gasteiger partial charge >= 0.3 is 0 Å². The van der Waals surface area contributed by atoms with Crippen molar-refractivity contribution < 1.29 is 0 Å². The van der Waals surface area contributed by atoms with E-state index >= 15 is 0 Å². The van der Waals surface area contributed by atoms with Gasteiger partial charge in [0.2, 0.25) is 0 Å². The van der Waals surface area contributed by atoms with Crippen LogP contribution >= 0.6 is 0 Å². The normalized spacial score (nSPS) is 32.3. The van der Waals surface area contributed by atoms with Crippen LogP contribution in [-0.4, -0.2) is 0 Å². The molecule has 2 saturated carbocycles. The predicted octanol–water partition coefficient (Wildman–Crippen LogP) is 10.4. The van der Waals surface area contributed by atoms with Crippen molar-refractivity contribution in [1.29, 1.82) is 0 Å². The van der Waals surface area contributed by atoms with Gasteiger partial charge in [0.25, 0.3) is 0 Å². The van der Waals surface area contributed by atoms with Gasteiger partial charge < -0.3 is 0 Å². The van der Waals surface area contributed by atoms with E-state index in [4.69, 9.17) is 0 Å². The Bertz CT molecular complexity index is 737. The first-order chi connectivity index (χ1) is 16.7. The van der Waals surface area contributed by atoms with Crippen molar-refractivity contribution in [3.05, 3.63) is 59.7 Å². The molecule has 1 aromatic carbocycles. The summed E-state index contributed by atoms with van der Waals surface area (Å²) >= 11 is 0. The molecular formula is C34H52. The van der Waals surface area contributed by atoms with Crippen LogP contribution in [-0.2, 0) is 6.42 Å². The Labute approximate surface area is 211 Å². The third-order valence-electron chi connectivity index (χ3n) is 9.59. The number of hydrogen-bond acceptors (Lipinski definition) is 0. The molecule has 1 aromatic rings. The highest BCUT2D eigenvalue weighted by atomic mass is 14.3. The van der Waals surface area contributed by atoms with Gasteiger partial charge in [-0.2, -0.15) is 0 Å². The Morgan fingerprint density at radius 3 is 2.24 bits per heavy atom. The van der Waals surface area contributed by atoms with Crippen LogP contribution in [0.2, 0.25) is 0 Å². The minimum Gasteiger partial charge on any atom is -0.0882 e. The van der Waals surface area contributed by atoms with E-state index in [2.05, 4.69) is 62.4 Å². The molecular weight excluding hydrogens is 408 g/mol. The zero-order chi connectivity index (χ0) is 23.6. The molecule has 0 N–H and O–H groups in total. The minimum absolute atomic E-state index is 0.646. The summed E-state index contributed by atoms with van der Waals surface area (Å²) in [6.07, 6.45) is 32.7. The highest BCUT2D eigenvalue weighted by molar-refractivity contribution is 5.29. The second-order valence-corrected chi connectivity index (χ2v) is 12.2. The van der Waals surface area contributed by atoms with E-state index in [0.29, 0.717) is 5.92 Å². The monoisotopic (exact) mass is 460 g/mol. The highest BCUT2D eigenvalue weighted by Crippen LogP contribution is 2.41. The van der Waals surface area contributed by atoms with E-state index in [0.717, 1.165) is 29.6 Å². The summed E-state index contributed by atoms with van der Waals surface area (Å²) < 4.78 is 0. The third-order valence-corrected chi connectivity index (χ3v) is 9.59. The van der Waals surface area contributed by atoms with Gasteiger partial charge in [0.1, 0.15) is 0 Å². The Morgan fingerprint density at radius 1 is 0.794 bits per heavy atom. The molecule has 2 fully saturated rings. The van der Waals surface area contributed by atoms with Crippen molar-refractivity contribution in [3.8, 4) is 0 Å². The van der Waals surface area contributed by atoms with Gasteiger partial charge in [-0.1, -0.05) is 101 Å². The van der Waals surface area contributed by atoms with Gasteiger partial charge in [0.05, 0.1) is 0 Å². The molecule has 0 amide bonds. The van der Waals surface area contributed by atoms with Crippen LogP contribution in [0.4, 0.5) is 0 Å². The molecule has 0 aromatic heterocycles. The highest BCUT2D eigenvalue weighted by Gasteiger charge is 2.28. The van der Waals surface area contributed by atoms with Crippen molar-refractivity contribution in [1.82, 2.24) is 0 Å². The van der Waals surface area contributed by atoms with E-state index in [1.807, 2.05) is 0 Å². The maximum absolute atomic E-state index is 2.61. The summed E-state index contributed by atoms with van der Waals surface area (Å²) in [6.45, 7) is 4.72. The first-order valence-corrected chi connectivity index (χ1v) is 15.1. The lowest BCUT2D eigenvalue weighted by molar-refractivity contribution is 0.236. The Morgan fingerprint density at radius 2 is 1.56 bits per heavy atom. The molecule has 0 bridgehead atoms. The maximum atomic E-state index is 2.61. The SMILES string of the molecule is CCCCCc1ccc(C2C=CC(C3CCC(/C=C/CCC4CCC(C)CC4)CC3)CC2)cc1. The van der Waals surface area contributed by atoms with Gasteiger partial charge in [-0.3, -0.25) is 0 Å². The second-order valence-electron chi connectivity index (χ2n) is 12.2. The zero-order valence-electron chi connectivity index (χ0n) is 22.4. The lowest BCUT2D eigenvalue weighted by atomic mass is 9.71. The molecule has 0 heterocycles. The fourth-order valence-electron chi connectivity index (χ4n) is 7.03. The molecule has 0 spiro atoms. The van der Waals surface area contributed by atoms with Crippen molar-refractivity contribution in [2.75, 3.05) is 0 Å². The zero-order valence-corrected chi connectivity index (χ0v) is 22.4. The molecule has 3 aliphatic rings. The van der Waals surface area contributed by atoms with Crippen LogP contribution in [0.25, 0.3) is 0 Å². The summed E-state index contributed by atoms with van der Waals surface area (Å²) in [5, 5.41) is 0. The average molecular weight is 461 g/mol. The molecule has 188 valence electrons. The summed E-state index contributed by atoms with van der Waals surface area (Å²) in [6, 6.07) is 9.58. The van der Waals surface area contributed by atoms with Gasteiger partial charge in [-0.25, -0.2) is 0 Å². The van der Waals surface area contributed by atoms with Crippen molar-refractivity contribution in [2.45, 2.75) is 122 Å². The summed E-state index contributed by atoms with van der Waals surface area (Å²) in [5.74, 6) is 5.28. The predicted molar refractivity (Wildman–Crippen MR) is 149 cm³/mol. The Hall–Kier alpha value is -1.30. The van der Waals surface area contributed by atoms with Crippen LogP contribution in [0.15, 0.2) is 48.6 Å². The standard InChI is InChI=1S/C34H52/c1-3-4-5-8-29-15-19-31(20-16-29)33-23-25-34(26-24-33)32-21-17-30(18-22-32)10-7-6-9-28-13-11-27(2)12-14-28/h7,10,15-16,19-20,23,25,27-28,30,32-34H,3-6,8-9,11-14,17-18,21-22,24,26H2,1-2H3/b10-7+. The molecule has 2 unspecified atom stereocenters. The van der Waals surface area contributed by atoms with Crippen LogP contribution in [0.1, 0.15) is 127 Å². The number of benzene rings is 1. The van der Waals surface area contributed by atoms with Crippen molar-refractivity contribution in [2.24, 2.45) is 29.6 Å². The van der Waals surface area contributed by atoms with Crippen LogP contribution in [0, 0.1) is 29.6 Å². The molecule has 0 saturated heterocycles. The number of unbranched alkanes of at least 4 members (excludes halogenated alkanes) is 2. The van der Waals surface area contributed by atoms with Gasteiger partial charge in [0.15, 0.2) is 0 Å². The van der Waals surface area contributed by atoms with E-state index < -0.39 is 0 Å². The first-order valence-electron chi connectivity index (χ1n) is 15.1. The van der Waals surface area contributed by atoms with Gasteiger partial charge in [-0.15, -0.1) is 0 Å². The number of aryl methyl sites for hydroxylation is 1. The summed E-state index contributed by atoms with van der Waals surface area (Å²) in [4.78, 5) is 0. The molecule has 2 atom stereocenters. The summed E-state index contributed by atoms with van der Waals surface area (Å²) in [7, 11) is 0. The van der Waals surface area contributed by atoms with Crippen LogP contribution < -0.4 is 0 Å². The number of allylic oxidation sites excluding steroid dienone is 4. The van der Waals surface area contributed by atoms with Crippen LogP contribution in [0.5, 0.6) is 0 Å². The molecule has 0 heteroatoms. The summed E-state index contributed by atoms with van der Waals surface area (Å²) in [5.41, 5.74) is 3.05. The van der Waals surface area contributed by atoms with E-state index in [1.165, 1.54) is 114 Å². The fourth-order valence-corrected chi connectivity index (χ4v) is 7.03. The Balaban J connectivity index is 1.14. The van der Waals surface area contributed by atoms with E-state index in [9.17, 15) is 0 Å². The lowest BCUT2D eigenvalue weighted by Gasteiger charge is -2.34. The largest absolute Gasteiger partial charge is 0.0882 e. The minimum atomic E-state index is 0.646. The fraction of sp³-hybridized carbons (Fsp3) is 0.706. The quantitative estimate of drug-likeness (QED) is 0.240. The maximum Gasteiger partial charge on any atom is 0.00182 e. The average Bonchev–Trinajstić information content (AvgIpc) is 2.89. The molecule has 0 nitrogen and oxygen atoms in total. The molecule has 0 aliphatic heterocycles. The van der Waals surface area contributed by atoms with Gasteiger partial charge in [-0.05, 0) is 105 Å². The number of rotatable bonds is 10. The first kappa shape index (κ1) is 25.8. The number of hydrogen-bond donors (Lipinski definition) is 0. The van der Waals surface area contributed by atoms with Crippen molar-refractivity contribution >= 4 is 0 Å². The molecule has 34 heavy (non-hydrogen) atoms. The smallest absolute Gasteiger partial charge is 0.00182 e. The van der Waals surface area contributed by atoms with Crippen LogP contribution in [0.3, 0.4) is 0 Å². The molecule has 4 rings (SSSR count). The van der Waals surface area contributed by atoms with E-state index in [-0.39, 0.29) is 0 Å². The topological polar surface area (TPSA) is 0 Å². The third kappa shape index (κ3) is 7.86. The molecule has 0 radical (unpaired) electrons. The van der Waals surface area contributed by atoms with Crippen molar-refractivity contribution in [3.63, 3.8) is 0 Å². The Kier molecular flexibility index (Phi) is 10.4. The molecule has 3 aliphatic carbocycles. The second kappa shape index (κ2) is 13.7. The van der Waals surface area contributed by atoms with Gasteiger partial charge in [0, 0.05) is 5.92 Å². The lowest BCUT2D eigenvalue weighted by Crippen LogP contribution is -2.22. The van der Waals surface area contributed by atoms with E-state index in [1.54, 1.807) is 0 Å².